The summed E-state index contributed by atoms with van der Waals surface area (Å²) in [6, 6.07) is 5.34. The number of carbonyl (C=O) groups is 1. The fraction of sp³-hybridized carbons (Fsp3) is 0.562. The summed E-state index contributed by atoms with van der Waals surface area (Å²) in [5.74, 6) is 0.436. The van der Waals surface area contributed by atoms with Crippen LogP contribution in [0, 0.1) is 13.8 Å². The van der Waals surface area contributed by atoms with E-state index in [0.29, 0.717) is 12.0 Å². The van der Waals surface area contributed by atoms with Crippen molar-refractivity contribution < 1.29 is 13.2 Å². The first-order chi connectivity index (χ1) is 9.71. The molecule has 0 aromatic heterocycles. The number of aryl methyl sites for hydroxylation is 2. The maximum Gasteiger partial charge on any atom is 0.179 e. The minimum atomic E-state index is -2.93. The van der Waals surface area contributed by atoms with Gasteiger partial charge in [0.1, 0.15) is 0 Å². The second-order valence-electron chi connectivity index (χ2n) is 6.06. The van der Waals surface area contributed by atoms with Gasteiger partial charge >= 0.3 is 0 Å². The molecule has 0 saturated carbocycles. The highest BCUT2D eigenvalue weighted by Gasteiger charge is 2.34. The van der Waals surface area contributed by atoms with Gasteiger partial charge in [0, 0.05) is 11.6 Å². The van der Waals surface area contributed by atoms with E-state index < -0.39 is 9.84 Å². The molecule has 1 heterocycles. The van der Waals surface area contributed by atoms with Crippen LogP contribution in [-0.4, -0.2) is 49.7 Å². The molecule has 1 aliphatic rings. The number of sulfone groups is 1. The molecule has 2 rings (SSSR count). The highest BCUT2D eigenvalue weighted by Crippen LogP contribution is 2.20. The number of nitrogens with zero attached hydrogens (tertiary/aromatic N) is 1. The smallest absolute Gasteiger partial charge is 0.179 e. The number of benzene rings is 1. The molecule has 4 nitrogen and oxygen atoms in total. The molecule has 0 aliphatic carbocycles. The van der Waals surface area contributed by atoms with Gasteiger partial charge in [-0.15, -0.1) is 0 Å². The summed E-state index contributed by atoms with van der Waals surface area (Å²) >= 11 is 0. The largest absolute Gasteiger partial charge is 0.293 e. The lowest BCUT2D eigenvalue weighted by molar-refractivity contribution is 0.0830. The Hall–Kier alpha value is -1.20. The maximum atomic E-state index is 12.6. The number of likely N-dealkylation sites (N-methyl/N-ethyl adjacent to an activating group) is 1. The Bertz CT molecular complexity index is 651. The molecule has 5 heteroatoms. The van der Waals surface area contributed by atoms with Gasteiger partial charge in [0.2, 0.25) is 0 Å². The van der Waals surface area contributed by atoms with Crippen LogP contribution in [0.2, 0.25) is 0 Å². The van der Waals surface area contributed by atoms with Crippen molar-refractivity contribution in [3.8, 4) is 0 Å². The van der Waals surface area contributed by atoms with Crippen LogP contribution < -0.4 is 0 Å². The SMILES string of the molecule is Cc1ccc(C(=O)C(C)N(C)C2CCS(=O)(=O)C2)cc1C. The van der Waals surface area contributed by atoms with Gasteiger partial charge in [-0.2, -0.15) is 0 Å². The number of hydrogen-bond donors (Lipinski definition) is 0. The first kappa shape index (κ1) is 16.2. The molecule has 0 radical (unpaired) electrons. The molecule has 2 atom stereocenters. The van der Waals surface area contributed by atoms with E-state index in [4.69, 9.17) is 0 Å². The van der Waals surface area contributed by atoms with Gasteiger partial charge in [0.25, 0.3) is 0 Å². The van der Waals surface area contributed by atoms with Crippen molar-refractivity contribution in [3.05, 3.63) is 34.9 Å². The Morgan fingerprint density at radius 3 is 2.48 bits per heavy atom. The predicted octanol–water partition coefficient (Wildman–Crippen LogP) is 1.99. The van der Waals surface area contributed by atoms with Gasteiger partial charge < -0.3 is 0 Å². The summed E-state index contributed by atoms with van der Waals surface area (Å²) < 4.78 is 23.2. The molecule has 0 spiro atoms. The zero-order valence-electron chi connectivity index (χ0n) is 13.1. The van der Waals surface area contributed by atoms with Crippen molar-refractivity contribution >= 4 is 15.6 Å². The maximum absolute atomic E-state index is 12.6. The van der Waals surface area contributed by atoms with E-state index in [-0.39, 0.29) is 29.4 Å². The van der Waals surface area contributed by atoms with E-state index >= 15 is 0 Å². The van der Waals surface area contributed by atoms with Crippen molar-refractivity contribution in [2.24, 2.45) is 0 Å². The van der Waals surface area contributed by atoms with E-state index in [0.717, 1.165) is 11.1 Å². The van der Waals surface area contributed by atoms with Crippen molar-refractivity contribution in [1.82, 2.24) is 4.90 Å². The lowest BCUT2D eigenvalue weighted by atomic mass is 9.99. The first-order valence-electron chi connectivity index (χ1n) is 7.25. The van der Waals surface area contributed by atoms with E-state index in [1.165, 1.54) is 0 Å². The number of hydrogen-bond acceptors (Lipinski definition) is 4. The molecule has 1 fully saturated rings. The van der Waals surface area contributed by atoms with Crippen LogP contribution >= 0.6 is 0 Å². The molecule has 116 valence electrons. The highest BCUT2D eigenvalue weighted by atomic mass is 32.2. The second kappa shape index (κ2) is 5.89. The van der Waals surface area contributed by atoms with E-state index in [1.54, 1.807) is 0 Å². The lowest BCUT2D eigenvalue weighted by Crippen LogP contribution is -2.43. The van der Waals surface area contributed by atoms with Gasteiger partial charge in [-0.1, -0.05) is 12.1 Å². The Morgan fingerprint density at radius 2 is 1.95 bits per heavy atom. The quantitative estimate of drug-likeness (QED) is 0.798. The molecule has 0 amide bonds. The average Bonchev–Trinajstić information content (AvgIpc) is 2.79. The first-order valence-corrected chi connectivity index (χ1v) is 9.07. The Morgan fingerprint density at radius 1 is 1.29 bits per heavy atom. The molecule has 21 heavy (non-hydrogen) atoms. The number of carbonyl (C=O) groups excluding carboxylic acids is 1. The van der Waals surface area contributed by atoms with Gasteiger partial charge in [0.05, 0.1) is 17.5 Å². The van der Waals surface area contributed by atoms with Crippen molar-refractivity contribution in [2.75, 3.05) is 18.6 Å². The fourth-order valence-corrected chi connectivity index (χ4v) is 4.52. The topological polar surface area (TPSA) is 54.5 Å². The van der Waals surface area contributed by atoms with E-state index in [1.807, 2.05) is 50.9 Å². The number of ketones is 1. The van der Waals surface area contributed by atoms with Crippen molar-refractivity contribution in [3.63, 3.8) is 0 Å². The third kappa shape index (κ3) is 3.52. The molecule has 1 aromatic carbocycles. The van der Waals surface area contributed by atoms with Crippen LogP contribution in [0.25, 0.3) is 0 Å². The third-order valence-corrected chi connectivity index (χ3v) is 6.32. The summed E-state index contributed by atoms with van der Waals surface area (Å²) in [5, 5.41) is 0. The van der Waals surface area contributed by atoms with Crippen LogP contribution in [0.15, 0.2) is 18.2 Å². The van der Waals surface area contributed by atoms with Crippen LogP contribution in [0.3, 0.4) is 0 Å². The minimum absolute atomic E-state index is 0.0462. The Balaban J connectivity index is 2.13. The third-order valence-electron chi connectivity index (χ3n) is 4.57. The van der Waals surface area contributed by atoms with Gasteiger partial charge in [-0.3, -0.25) is 9.69 Å². The van der Waals surface area contributed by atoms with Crippen LogP contribution in [0.1, 0.15) is 34.8 Å². The fourth-order valence-electron chi connectivity index (χ4n) is 2.73. The van der Waals surface area contributed by atoms with Crippen molar-refractivity contribution in [2.45, 2.75) is 39.3 Å². The lowest BCUT2D eigenvalue weighted by Gasteiger charge is -2.29. The van der Waals surface area contributed by atoms with Gasteiger partial charge in [-0.25, -0.2) is 8.42 Å². The monoisotopic (exact) mass is 309 g/mol. The van der Waals surface area contributed by atoms with Crippen LogP contribution in [-0.2, 0) is 9.84 Å². The van der Waals surface area contributed by atoms with Gasteiger partial charge in [-0.05, 0) is 51.4 Å². The molecule has 0 bridgehead atoms. The Labute approximate surface area is 127 Å². The van der Waals surface area contributed by atoms with Crippen molar-refractivity contribution in [1.29, 1.82) is 0 Å². The number of Topliss-reactive ketones (excluding diaryl/α,β-unsaturated/α-hetero) is 1. The molecule has 1 saturated heterocycles. The second-order valence-corrected chi connectivity index (χ2v) is 8.29. The summed E-state index contributed by atoms with van der Waals surface area (Å²) in [6.07, 6.45) is 0.614. The zero-order chi connectivity index (χ0) is 15.8. The zero-order valence-corrected chi connectivity index (χ0v) is 13.9. The van der Waals surface area contributed by atoms with E-state index in [2.05, 4.69) is 0 Å². The molecule has 0 N–H and O–H groups in total. The standard InChI is InChI=1S/C16H23NO3S/c1-11-5-6-14(9-12(11)2)16(18)13(3)17(4)15-7-8-21(19,20)10-15/h5-6,9,13,15H,7-8,10H2,1-4H3. The molecule has 2 unspecified atom stereocenters. The molecular weight excluding hydrogens is 286 g/mol. The van der Waals surface area contributed by atoms with Gasteiger partial charge in [0.15, 0.2) is 15.6 Å². The normalized spacial score (nSPS) is 22.4. The average molecular weight is 309 g/mol. The highest BCUT2D eigenvalue weighted by molar-refractivity contribution is 7.91. The minimum Gasteiger partial charge on any atom is -0.293 e. The summed E-state index contributed by atoms with van der Waals surface area (Å²) in [5.41, 5.74) is 2.95. The summed E-state index contributed by atoms with van der Waals surface area (Å²) in [4.78, 5) is 14.5. The molecular formula is C16H23NO3S. The Kier molecular flexibility index (Phi) is 4.54. The predicted molar refractivity (Wildman–Crippen MR) is 84.5 cm³/mol. The molecule has 1 aliphatic heterocycles. The summed E-state index contributed by atoms with van der Waals surface area (Å²) in [6.45, 7) is 5.86. The molecule has 1 aromatic rings. The van der Waals surface area contributed by atoms with Crippen LogP contribution in [0.4, 0.5) is 0 Å². The van der Waals surface area contributed by atoms with Crippen LogP contribution in [0.5, 0.6) is 0 Å². The summed E-state index contributed by atoms with van der Waals surface area (Å²) in [7, 11) is -1.09. The number of rotatable bonds is 4. The van der Waals surface area contributed by atoms with E-state index in [9.17, 15) is 13.2 Å².